The number of hydrogen-bond acceptors (Lipinski definition) is 4. The van der Waals surface area contributed by atoms with Crippen molar-refractivity contribution in [3.8, 4) is 0 Å². The fraction of sp³-hybridized carbons (Fsp3) is 0.917. The van der Waals surface area contributed by atoms with Crippen molar-refractivity contribution in [1.82, 2.24) is 10.2 Å². The zero-order valence-electron chi connectivity index (χ0n) is 11.2. The highest BCUT2D eigenvalue weighted by Gasteiger charge is 2.20. The number of nitrogens with zero attached hydrogens (tertiary/aromatic N) is 1. The first-order valence-corrected chi connectivity index (χ1v) is 6.08. The molecule has 16 heavy (non-hydrogen) atoms. The summed E-state index contributed by atoms with van der Waals surface area (Å²) in [6.45, 7) is 7.36. The van der Waals surface area contributed by atoms with Crippen LogP contribution in [0.15, 0.2) is 0 Å². The first kappa shape index (κ1) is 15.4. The Hall–Kier alpha value is -0.610. The lowest BCUT2D eigenvalue weighted by Crippen LogP contribution is -2.46. The minimum atomic E-state index is -0.167. The van der Waals surface area contributed by atoms with E-state index in [9.17, 15) is 4.79 Å². The molecule has 0 radical (unpaired) electrons. The molecule has 0 aliphatic heterocycles. The van der Waals surface area contributed by atoms with E-state index in [0.29, 0.717) is 6.61 Å². The zero-order valence-corrected chi connectivity index (χ0v) is 11.2. The predicted octanol–water partition coefficient (Wildman–Crippen LogP) is 1.26. The molecule has 0 fully saturated rings. The summed E-state index contributed by atoms with van der Waals surface area (Å²) in [6.07, 6.45) is 1.81. The number of likely N-dealkylation sites (N-methyl/N-ethyl adjacent to an activating group) is 1. The molecule has 0 aromatic heterocycles. The van der Waals surface area contributed by atoms with Crippen LogP contribution in [-0.2, 0) is 9.53 Å². The van der Waals surface area contributed by atoms with Crippen molar-refractivity contribution < 1.29 is 9.53 Å². The highest BCUT2D eigenvalue weighted by atomic mass is 16.5. The SMILES string of the molecule is CCCC(NC(C)CN(C)C)C(=O)OCC. The zero-order chi connectivity index (χ0) is 12.6. The summed E-state index contributed by atoms with van der Waals surface area (Å²) in [5.41, 5.74) is 0. The molecule has 0 bridgehead atoms. The maximum atomic E-state index is 11.7. The molecule has 2 unspecified atom stereocenters. The second kappa shape index (κ2) is 8.53. The fourth-order valence-corrected chi connectivity index (χ4v) is 1.74. The number of carbonyl (C=O) groups excluding carboxylic acids is 1. The van der Waals surface area contributed by atoms with E-state index in [-0.39, 0.29) is 18.1 Å². The Balaban J connectivity index is 4.15. The van der Waals surface area contributed by atoms with E-state index >= 15 is 0 Å². The lowest BCUT2D eigenvalue weighted by atomic mass is 10.1. The first-order valence-electron chi connectivity index (χ1n) is 6.08. The minimum Gasteiger partial charge on any atom is -0.465 e. The molecule has 0 heterocycles. The van der Waals surface area contributed by atoms with E-state index in [0.717, 1.165) is 19.4 Å². The van der Waals surface area contributed by atoms with Gasteiger partial charge in [-0.05, 0) is 34.4 Å². The number of esters is 1. The van der Waals surface area contributed by atoms with Gasteiger partial charge in [-0.25, -0.2) is 0 Å². The minimum absolute atomic E-state index is 0.130. The van der Waals surface area contributed by atoms with Crippen molar-refractivity contribution in [2.24, 2.45) is 0 Å². The predicted molar refractivity (Wildman–Crippen MR) is 66.5 cm³/mol. The smallest absolute Gasteiger partial charge is 0.323 e. The van der Waals surface area contributed by atoms with Crippen LogP contribution in [0.4, 0.5) is 0 Å². The van der Waals surface area contributed by atoms with Crippen molar-refractivity contribution in [2.45, 2.75) is 45.7 Å². The highest BCUT2D eigenvalue weighted by molar-refractivity contribution is 5.75. The van der Waals surface area contributed by atoms with Crippen molar-refractivity contribution >= 4 is 5.97 Å². The molecule has 0 amide bonds. The number of rotatable bonds is 8. The molecule has 96 valence electrons. The Morgan fingerprint density at radius 2 is 2.00 bits per heavy atom. The van der Waals surface area contributed by atoms with Crippen molar-refractivity contribution in [2.75, 3.05) is 27.2 Å². The largest absolute Gasteiger partial charge is 0.465 e. The van der Waals surface area contributed by atoms with Crippen molar-refractivity contribution in [1.29, 1.82) is 0 Å². The van der Waals surface area contributed by atoms with Gasteiger partial charge >= 0.3 is 5.97 Å². The van der Waals surface area contributed by atoms with Gasteiger partial charge in [0.15, 0.2) is 0 Å². The lowest BCUT2D eigenvalue weighted by molar-refractivity contribution is -0.146. The van der Waals surface area contributed by atoms with Gasteiger partial charge in [0.25, 0.3) is 0 Å². The first-order chi connectivity index (χ1) is 7.51. The Labute approximate surface area is 99.3 Å². The van der Waals surface area contributed by atoms with Crippen molar-refractivity contribution in [3.05, 3.63) is 0 Å². The summed E-state index contributed by atoms with van der Waals surface area (Å²) in [4.78, 5) is 13.8. The van der Waals surface area contributed by atoms with E-state index in [1.165, 1.54) is 0 Å². The molecule has 0 saturated carbocycles. The Morgan fingerprint density at radius 1 is 1.38 bits per heavy atom. The van der Waals surface area contributed by atoms with E-state index in [1.807, 2.05) is 21.0 Å². The van der Waals surface area contributed by atoms with Gasteiger partial charge in [0, 0.05) is 12.6 Å². The van der Waals surface area contributed by atoms with Gasteiger partial charge in [-0.15, -0.1) is 0 Å². The van der Waals surface area contributed by atoms with Crippen LogP contribution in [0, 0.1) is 0 Å². The van der Waals surface area contributed by atoms with Gasteiger partial charge < -0.3 is 15.0 Å². The van der Waals surface area contributed by atoms with Crippen LogP contribution >= 0.6 is 0 Å². The van der Waals surface area contributed by atoms with Gasteiger partial charge in [0.2, 0.25) is 0 Å². The summed E-state index contributed by atoms with van der Waals surface area (Å²) >= 11 is 0. The molecule has 0 rings (SSSR count). The maximum absolute atomic E-state index is 11.7. The Kier molecular flexibility index (Phi) is 8.21. The van der Waals surface area contributed by atoms with Crippen LogP contribution < -0.4 is 5.32 Å². The second-order valence-electron chi connectivity index (χ2n) is 4.42. The van der Waals surface area contributed by atoms with Crippen LogP contribution in [0.25, 0.3) is 0 Å². The quantitative estimate of drug-likeness (QED) is 0.637. The summed E-state index contributed by atoms with van der Waals surface area (Å²) in [5, 5.41) is 3.32. The number of hydrogen-bond donors (Lipinski definition) is 1. The second-order valence-corrected chi connectivity index (χ2v) is 4.42. The lowest BCUT2D eigenvalue weighted by Gasteiger charge is -2.23. The molecule has 0 aliphatic carbocycles. The molecule has 2 atom stereocenters. The monoisotopic (exact) mass is 230 g/mol. The number of nitrogens with one attached hydrogen (secondary N) is 1. The van der Waals surface area contributed by atoms with Gasteiger partial charge in [-0.1, -0.05) is 13.3 Å². The van der Waals surface area contributed by atoms with Crippen LogP contribution in [0.1, 0.15) is 33.6 Å². The maximum Gasteiger partial charge on any atom is 0.323 e. The van der Waals surface area contributed by atoms with E-state index in [4.69, 9.17) is 4.74 Å². The normalized spacial score (nSPS) is 14.9. The molecule has 0 saturated heterocycles. The van der Waals surface area contributed by atoms with E-state index in [1.54, 1.807) is 0 Å². The summed E-state index contributed by atoms with van der Waals surface area (Å²) in [7, 11) is 4.05. The third kappa shape index (κ3) is 6.80. The number of carbonyl (C=O) groups is 1. The standard InChI is InChI=1S/C12H26N2O2/c1-6-8-11(12(15)16-7-2)13-10(3)9-14(4)5/h10-11,13H,6-9H2,1-5H3. The molecule has 1 N–H and O–H groups in total. The third-order valence-electron chi connectivity index (χ3n) is 2.27. The highest BCUT2D eigenvalue weighted by Crippen LogP contribution is 2.01. The van der Waals surface area contributed by atoms with Crippen LogP contribution in [0.2, 0.25) is 0 Å². The fourth-order valence-electron chi connectivity index (χ4n) is 1.74. The van der Waals surface area contributed by atoms with Gasteiger partial charge in [0.1, 0.15) is 6.04 Å². The Morgan fingerprint density at radius 3 is 2.44 bits per heavy atom. The van der Waals surface area contributed by atoms with Crippen LogP contribution in [-0.4, -0.2) is 50.2 Å². The number of ether oxygens (including phenoxy) is 1. The summed E-state index contributed by atoms with van der Waals surface area (Å²) in [6, 6.07) is 0.121. The third-order valence-corrected chi connectivity index (χ3v) is 2.27. The summed E-state index contributed by atoms with van der Waals surface area (Å²) < 4.78 is 5.05. The van der Waals surface area contributed by atoms with Gasteiger partial charge in [-0.3, -0.25) is 4.79 Å². The summed E-state index contributed by atoms with van der Waals surface area (Å²) in [5.74, 6) is -0.130. The van der Waals surface area contributed by atoms with Crippen LogP contribution in [0.3, 0.4) is 0 Å². The average molecular weight is 230 g/mol. The topological polar surface area (TPSA) is 41.6 Å². The Bertz CT molecular complexity index is 195. The molecule has 4 heteroatoms. The molecule has 0 aliphatic rings. The average Bonchev–Trinajstić information content (AvgIpc) is 2.16. The van der Waals surface area contributed by atoms with Gasteiger partial charge in [0.05, 0.1) is 6.61 Å². The van der Waals surface area contributed by atoms with Crippen LogP contribution in [0.5, 0.6) is 0 Å². The molecular formula is C12H26N2O2. The molecule has 0 aromatic rings. The molecular weight excluding hydrogens is 204 g/mol. The molecule has 0 aromatic carbocycles. The molecule has 0 spiro atoms. The van der Waals surface area contributed by atoms with Gasteiger partial charge in [-0.2, -0.15) is 0 Å². The molecule has 4 nitrogen and oxygen atoms in total. The van der Waals surface area contributed by atoms with E-state index in [2.05, 4.69) is 24.1 Å². The van der Waals surface area contributed by atoms with E-state index < -0.39 is 0 Å². The van der Waals surface area contributed by atoms with Crippen molar-refractivity contribution in [3.63, 3.8) is 0 Å².